The second-order valence-electron chi connectivity index (χ2n) is 6.56. The van der Waals surface area contributed by atoms with E-state index in [4.69, 9.17) is 0 Å². The summed E-state index contributed by atoms with van der Waals surface area (Å²) in [6, 6.07) is 9.47. The molecule has 1 N–H and O–H groups in total. The maximum Gasteiger partial charge on any atom is 0.271 e. The lowest BCUT2D eigenvalue weighted by atomic mass is 10.1. The van der Waals surface area contributed by atoms with Gasteiger partial charge in [-0.1, -0.05) is 12.1 Å². The standard InChI is InChI=1S/C20H18N4O2S2/c1-12-8-9-27-17(12)18(25)21-14-6-4-13(5-7-14)15-10-24-16(19(26)23(2)3)11-28-20(24)22-15/h4-11H,1-3H3,(H,21,25). The SMILES string of the molecule is Cc1ccsc1C(=O)Nc1ccc(-c2cn3c(C(=O)N(C)C)csc3n2)cc1. The van der Waals surface area contributed by atoms with Crippen LogP contribution < -0.4 is 5.32 Å². The van der Waals surface area contributed by atoms with Crippen LogP contribution in [-0.2, 0) is 0 Å². The first kappa shape index (κ1) is 18.4. The van der Waals surface area contributed by atoms with E-state index in [1.807, 2.05) is 58.6 Å². The molecular weight excluding hydrogens is 392 g/mol. The van der Waals surface area contributed by atoms with Gasteiger partial charge in [-0.3, -0.25) is 14.0 Å². The van der Waals surface area contributed by atoms with E-state index in [9.17, 15) is 9.59 Å². The third-order valence-corrected chi connectivity index (χ3v) is 6.20. The van der Waals surface area contributed by atoms with E-state index in [1.165, 1.54) is 22.7 Å². The summed E-state index contributed by atoms with van der Waals surface area (Å²) in [7, 11) is 3.46. The van der Waals surface area contributed by atoms with Crippen LogP contribution >= 0.6 is 22.7 Å². The molecule has 0 bridgehead atoms. The molecule has 4 rings (SSSR count). The summed E-state index contributed by atoms with van der Waals surface area (Å²) < 4.78 is 1.82. The smallest absolute Gasteiger partial charge is 0.271 e. The summed E-state index contributed by atoms with van der Waals surface area (Å²) in [5, 5.41) is 6.65. The molecule has 0 aliphatic heterocycles. The molecule has 0 saturated heterocycles. The van der Waals surface area contributed by atoms with Crippen molar-refractivity contribution in [3.8, 4) is 11.3 Å². The van der Waals surface area contributed by atoms with Crippen molar-refractivity contribution in [1.29, 1.82) is 0 Å². The summed E-state index contributed by atoms with van der Waals surface area (Å²) in [5.41, 5.74) is 4.00. The van der Waals surface area contributed by atoms with Gasteiger partial charge in [-0.2, -0.15) is 0 Å². The number of imidazole rings is 1. The van der Waals surface area contributed by atoms with Gasteiger partial charge in [0.05, 0.1) is 10.6 Å². The highest BCUT2D eigenvalue weighted by molar-refractivity contribution is 7.15. The summed E-state index contributed by atoms with van der Waals surface area (Å²) in [4.78, 5) is 32.3. The molecule has 28 heavy (non-hydrogen) atoms. The molecule has 8 heteroatoms. The molecule has 0 fully saturated rings. The van der Waals surface area contributed by atoms with E-state index < -0.39 is 0 Å². The highest BCUT2D eigenvalue weighted by atomic mass is 32.1. The molecule has 0 radical (unpaired) electrons. The maximum absolute atomic E-state index is 12.3. The first-order valence-corrected chi connectivity index (χ1v) is 10.3. The lowest BCUT2D eigenvalue weighted by molar-refractivity contribution is 0.0821. The Morgan fingerprint density at radius 1 is 1.11 bits per heavy atom. The lowest BCUT2D eigenvalue weighted by Gasteiger charge is -2.08. The van der Waals surface area contributed by atoms with E-state index in [-0.39, 0.29) is 11.8 Å². The van der Waals surface area contributed by atoms with Crippen LogP contribution in [-0.4, -0.2) is 40.2 Å². The van der Waals surface area contributed by atoms with Crippen LogP contribution in [0.5, 0.6) is 0 Å². The van der Waals surface area contributed by atoms with E-state index in [0.717, 1.165) is 32.3 Å². The number of rotatable bonds is 4. The van der Waals surface area contributed by atoms with Gasteiger partial charge >= 0.3 is 0 Å². The van der Waals surface area contributed by atoms with Crippen LogP contribution in [0.4, 0.5) is 5.69 Å². The summed E-state index contributed by atoms with van der Waals surface area (Å²) in [6.45, 7) is 1.92. The Morgan fingerprint density at radius 2 is 1.86 bits per heavy atom. The van der Waals surface area contributed by atoms with Crippen LogP contribution in [0.2, 0.25) is 0 Å². The van der Waals surface area contributed by atoms with E-state index in [1.54, 1.807) is 19.0 Å². The molecule has 6 nitrogen and oxygen atoms in total. The largest absolute Gasteiger partial charge is 0.343 e. The predicted octanol–water partition coefficient (Wildman–Crippen LogP) is 4.39. The number of fused-ring (bicyclic) bond motifs is 1. The average molecular weight is 411 g/mol. The van der Waals surface area contributed by atoms with Gasteiger partial charge in [0.1, 0.15) is 5.69 Å². The van der Waals surface area contributed by atoms with Crippen molar-refractivity contribution in [2.45, 2.75) is 6.92 Å². The number of thiazole rings is 1. The molecule has 0 atom stereocenters. The van der Waals surface area contributed by atoms with Crippen molar-refractivity contribution in [2.24, 2.45) is 0 Å². The molecule has 0 saturated carbocycles. The van der Waals surface area contributed by atoms with Crippen molar-refractivity contribution < 1.29 is 9.59 Å². The zero-order chi connectivity index (χ0) is 19.8. The average Bonchev–Trinajstić information content (AvgIpc) is 3.37. The number of amides is 2. The lowest BCUT2D eigenvalue weighted by Crippen LogP contribution is -2.22. The molecule has 1 aromatic carbocycles. The summed E-state index contributed by atoms with van der Waals surface area (Å²) >= 11 is 2.87. The monoisotopic (exact) mass is 410 g/mol. The Kier molecular flexibility index (Phi) is 4.74. The van der Waals surface area contributed by atoms with Gasteiger partial charge in [-0.15, -0.1) is 22.7 Å². The molecule has 4 aromatic rings. The number of hydrogen-bond donors (Lipinski definition) is 1. The first-order valence-electron chi connectivity index (χ1n) is 8.58. The molecule has 2 amide bonds. The topological polar surface area (TPSA) is 66.7 Å². The van der Waals surface area contributed by atoms with Crippen LogP contribution in [0.15, 0.2) is 47.3 Å². The molecule has 0 spiro atoms. The molecule has 0 unspecified atom stereocenters. The molecular formula is C20H18N4O2S2. The maximum atomic E-state index is 12.3. The fourth-order valence-corrected chi connectivity index (χ4v) is 4.49. The second kappa shape index (κ2) is 7.21. The van der Waals surface area contributed by atoms with Gasteiger partial charge in [0.2, 0.25) is 0 Å². The predicted molar refractivity (Wildman–Crippen MR) is 114 cm³/mol. The first-order chi connectivity index (χ1) is 13.4. The zero-order valence-corrected chi connectivity index (χ0v) is 17.2. The van der Waals surface area contributed by atoms with E-state index >= 15 is 0 Å². The van der Waals surface area contributed by atoms with E-state index in [0.29, 0.717) is 5.69 Å². The number of nitrogens with one attached hydrogen (secondary N) is 1. The minimum atomic E-state index is -0.102. The number of aryl methyl sites for hydroxylation is 1. The number of aromatic nitrogens is 2. The minimum absolute atomic E-state index is 0.0582. The molecule has 0 aliphatic carbocycles. The molecule has 0 aliphatic rings. The van der Waals surface area contributed by atoms with Crippen molar-refractivity contribution in [3.05, 3.63) is 63.4 Å². The quantitative estimate of drug-likeness (QED) is 0.543. The summed E-state index contributed by atoms with van der Waals surface area (Å²) in [6.07, 6.45) is 1.87. The number of benzene rings is 1. The van der Waals surface area contributed by atoms with E-state index in [2.05, 4.69) is 10.3 Å². The third kappa shape index (κ3) is 3.32. The van der Waals surface area contributed by atoms with Crippen molar-refractivity contribution >= 4 is 45.1 Å². The zero-order valence-electron chi connectivity index (χ0n) is 15.6. The number of nitrogens with zero attached hydrogens (tertiary/aromatic N) is 3. The van der Waals surface area contributed by atoms with Crippen molar-refractivity contribution in [2.75, 3.05) is 19.4 Å². The van der Waals surface area contributed by atoms with Crippen LogP contribution in [0.3, 0.4) is 0 Å². The fraction of sp³-hybridized carbons (Fsp3) is 0.150. The number of hydrogen-bond acceptors (Lipinski definition) is 5. The Hall–Kier alpha value is -2.97. The molecule has 142 valence electrons. The minimum Gasteiger partial charge on any atom is -0.343 e. The Labute approximate surface area is 170 Å². The molecule has 3 aromatic heterocycles. The fourth-order valence-electron chi connectivity index (χ4n) is 2.82. The van der Waals surface area contributed by atoms with Gasteiger partial charge in [0, 0.05) is 36.9 Å². The highest BCUT2D eigenvalue weighted by Gasteiger charge is 2.17. The van der Waals surface area contributed by atoms with Crippen LogP contribution in [0.1, 0.15) is 25.7 Å². The number of anilines is 1. The second-order valence-corrected chi connectivity index (χ2v) is 8.32. The Balaban J connectivity index is 1.56. The normalized spacial score (nSPS) is 11.0. The van der Waals surface area contributed by atoms with Crippen molar-refractivity contribution in [3.63, 3.8) is 0 Å². The number of thiophene rings is 1. The molecule has 3 heterocycles. The number of carbonyl (C=O) groups excluding carboxylic acids is 2. The van der Waals surface area contributed by atoms with Gasteiger partial charge in [0.25, 0.3) is 11.8 Å². The van der Waals surface area contributed by atoms with Gasteiger partial charge < -0.3 is 10.2 Å². The van der Waals surface area contributed by atoms with Gasteiger partial charge in [-0.25, -0.2) is 4.98 Å². The third-order valence-electron chi connectivity index (χ3n) is 4.34. The van der Waals surface area contributed by atoms with Crippen LogP contribution in [0, 0.1) is 6.92 Å². The van der Waals surface area contributed by atoms with Gasteiger partial charge in [0.15, 0.2) is 4.96 Å². The number of carbonyl (C=O) groups is 2. The Morgan fingerprint density at radius 3 is 2.50 bits per heavy atom. The van der Waals surface area contributed by atoms with Gasteiger partial charge in [-0.05, 0) is 36.1 Å². The van der Waals surface area contributed by atoms with Crippen molar-refractivity contribution in [1.82, 2.24) is 14.3 Å². The van der Waals surface area contributed by atoms with Crippen LogP contribution in [0.25, 0.3) is 16.2 Å². The highest BCUT2D eigenvalue weighted by Crippen LogP contribution is 2.26. The Bertz CT molecular complexity index is 1170. The summed E-state index contributed by atoms with van der Waals surface area (Å²) in [5.74, 6) is -0.160.